The summed E-state index contributed by atoms with van der Waals surface area (Å²) in [7, 11) is 0. The molecule has 0 fully saturated rings. The Morgan fingerprint density at radius 3 is 2.94 bits per heavy atom. The highest BCUT2D eigenvalue weighted by Gasteiger charge is 2.08. The van der Waals surface area contributed by atoms with Gasteiger partial charge in [0, 0.05) is 31.1 Å². The lowest BCUT2D eigenvalue weighted by Gasteiger charge is -2.04. The SMILES string of the molecule is CCOCCCC(=O)Cc1cc(F)ccc1Cl. The fourth-order valence-corrected chi connectivity index (χ4v) is 1.68. The van der Waals surface area contributed by atoms with Crippen LogP contribution in [0.1, 0.15) is 25.3 Å². The number of Topliss-reactive ketones (excluding diaryl/α,β-unsaturated/α-hetero) is 1. The van der Waals surface area contributed by atoms with E-state index in [9.17, 15) is 9.18 Å². The molecule has 0 aromatic heterocycles. The summed E-state index contributed by atoms with van der Waals surface area (Å²) < 4.78 is 18.1. The van der Waals surface area contributed by atoms with E-state index < -0.39 is 0 Å². The van der Waals surface area contributed by atoms with Crippen LogP contribution in [-0.4, -0.2) is 19.0 Å². The maximum atomic E-state index is 13.0. The van der Waals surface area contributed by atoms with Crippen LogP contribution < -0.4 is 0 Å². The monoisotopic (exact) mass is 258 g/mol. The van der Waals surface area contributed by atoms with Crippen molar-refractivity contribution < 1.29 is 13.9 Å². The molecule has 0 aliphatic rings. The normalized spacial score (nSPS) is 10.5. The van der Waals surface area contributed by atoms with Crippen LogP contribution >= 0.6 is 11.6 Å². The van der Waals surface area contributed by atoms with E-state index in [0.29, 0.717) is 36.6 Å². The number of ketones is 1. The van der Waals surface area contributed by atoms with E-state index in [2.05, 4.69) is 0 Å². The van der Waals surface area contributed by atoms with Gasteiger partial charge in [0.05, 0.1) is 0 Å². The van der Waals surface area contributed by atoms with Gasteiger partial charge < -0.3 is 4.74 Å². The van der Waals surface area contributed by atoms with Gasteiger partial charge in [0.15, 0.2) is 0 Å². The third-order valence-electron chi connectivity index (χ3n) is 2.34. The number of benzene rings is 1. The molecule has 0 aliphatic heterocycles. The van der Waals surface area contributed by atoms with E-state index in [0.717, 1.165) is 0 Å². The topological polar surface area (TPSA) is 26.3 Å². The Morgan fingerprint density at radius 1 is 1.47 bits per heavy atom. The Bertz CT molecular complexity index is 380. The Hall–Kier alpha value is -0.930. The molecule has 0 saturated heterocycles. The fraction of sp³-hybridized carbons (Fsp3) is 0.462. The highest BCUT2D eigenvalue weighted by molar-refractivity contribution is 6.31. The third-order valence-corrected chi connectivity index (χ3v) is 2.71. The highest BCUT2D eigenvalue weighted by Crippen LogP contribution is 2.18. The summed E-state index contributed by atoms with van der Waals surface area (Å²) in [5.74, 6) is -0.316. The molecule has 0 spiro atoms. The Balaban J connectivity index is 2.42. The van der Waals surface area contributed by atoms with Crippen molar-refractivity contribution in [1.82, 2.24) is 0 Å². The summed E-state index contributed by atoms with van der Waals surface area (Å²) in [6, 6.07) is 4.06. The average molecular weight is 259 g/mol. The highest BCUT2D eigenvalue weighted by atomic mass is 35.5. The van der Waals surface area contributed by atoms with Crippen LogP contribution in [0.2, 0.25) is 5.02 Å². The van der Waals surface area contributed by atoms with Crippen molar-refractivity contribution in [3.8, 4) is 0 Å². The molecule has 0 N–H and O–H groups in total. The van der Waals surface area contributed by atoms with Crippen LogP contribution in [0.3, 0.4) is 0 Å². The standard InChI is InChI=1S/C13H16ClFO2/c1-2-17-7-3-4-12(16)9-10-8-11(15)5-6-13(10)14/h5-6,8H,2-4,7,9H2,1H3. The first-order valence-electron chi connectivity index (χ1n) is 5.67. The molecular weight excluding hydrogens is 243 g/mol. The number of ether oxygens (including phenoxy) is 1. The van der Waals surface area contributed by atoms with Crippen LogP contribution in [0.25, 0.3) is 0 Å². The second-order valence-corrected chi connectivity index (χ2v) is 4.16. The summed E-state index contributed by atoms with van der Waals surface area (Å²) in [5, 5.41) is 0.435. The first-order valence-corrected chi connectivity index (χ1v) is 6.04. The average Bonchev–Trinajstić information content (AvgIpc) is 2.29. The fourth-order valence-electron chi connectivity index (χ4n) is 1.50. The molecule has 1 aromatic rings. The smallest absolute Gasteiger partial charge is 0.137 e. The number of carbonyl (C=O) groups excluding carboxylic acids is 1. The molecule has 1 rings (SSSR count). The summed E-state index contributed by atoms with van der Waals surface area (Å²) in [6.07, 6.45) is 1.31. The van der Waals surface area contributed by atoms with Crippen LogP contribution in [0.15, 0.2) is 18.2 Å². The Labute approximate surface area is 106 Å². The van der Waals surface area contributed by atoms with Gasteiger partial charge in [-0.15, -0.1) is 0 Å². The number of hydrogen-bond donors (Lipinski definition) is 0. The van der Waals surface area contributed by atoms with Gasteiger partial charge in [0.2, 0.25) is 0 Å². The minimum Gasteiger partial charge on any atom is -0.382 e. The van der Waals surface area contributed by atoms with Crippen LogP contribution in [0.4, 0.5) is 4.39 Å². The first kappa shape index (κ1) is 14.1. The molecule has 1 aromatic carbocycles. The predicted molar refractivity (Wildman–Crippen MR) is 65.8 cm³/mol. The molecule has 0 atom stereocenters. The predicted octanol–water partition coefficient (Wildman–Crippen LogP) is 3.41. The maximum absolute atomic E-state index is 13.0. The van der Waals surface area contributed by atoms with Gasteiger partial charge in [-0.05, 0) is 37.1 Å². The molecule has 4 heteroatoms. The first-order chi connectivity index (χ1) is 8.13. The zero-order valence-corrected chi connectivity index (χ0v) is 10.6. The zero-order chi connectivity index (χ0) is 12.7. The van der Waals surface area contributed by atoms with Crippen molar-refractivity contribution >= 4 is 17.4 Å². The summed E-state index contributed by atoms with van der Waals surface area (Å²) in [6.45, 7) is 3.15. The lowest BCUT2D eigenvalue weighted by Crippen LogP contribution is -2.05. The van der Waals surface area contributed by atoms with Gasteiger partial charge in [0.1, 0.15) is 11.6 Å². The molecule has 0 saturated carbocycles. The molecule has 94 valence electrons. The molecular formula is C13H16ClFO2. The second-order valence-electron chi connectivity index (χ2n) is 3.75. The van der Waals surface area contributed by atoms with Crippen molar-refractivity contribution in [1.29, 1.82) is 0 Å². The molecule has 0 aliphatic carbocycles. The minimum absolute atomic E-state index is 0.0530. The summed E-state index contributed by atoms with van der Waals surface area (Å²) in [4.78, 5) is 11.6. The van der Waals surface area contributed by atoms with E-state index in [1.165, 1.54) is 18.2 Å². The van der Waals surface area contributed by atoms with E-state index in [4.69, 9.17) is 16.3 Å². The molecule has 0 bridgehead atoms. The third kappa shape index (κ3) is 5.29. The number of carbonyl (C=O) groups is 1. The van der Waals surface area contributed by atoms with Gasteiger partial charge in [-0.3, -0.25) is 4.79 Å². The van der Waals surface area contributed by atoms with Crippen LogP contribution in [0, 0.1) is 5.82 Å². The van der Waals surface area contributed by atoms with Gasteiger partial charge >= 0.3 is 0 Å². The van der Waals surface area contributed by atoms with Gasteiger partial charge in [-0.2, -0.15) is 0 Å². The van der Waals surface area contributed by atoms with E-state index >= 15 is 0 Å². The minimum atomic E-state index is -0.369. The number of halogens is 2. The Kier molecular flexibility index (Phi) is 6.16. The van der Waals surface area contributed by atoms with Crippen molar-refractivity contribution in [2.24, 2.45) is 0 Å². The number of rotatable bonds is 7. The molecule has 0 heterocycles. The van der Waals surface area contributed by atoms with E-state index in [1.807, 2.05) is 6.92 Å². The zero-order valence-electron chi connectivity index (χ0n) is 9.84. The van der Waals surface area contributed by atoms with Crippen LogP contribution in [0.5, 0.6) is 0 Å². The van der Waals surface area contributed by atoms with Crippen LogP contribution in [-0.2, 0) is 16.0 Å². The largest absolute Gasteiger partial charge is 0.382 e. The summed E-state index contributed by atoms with van der Waals surface area (Å²) >= 11 is 5.88. The lowest BCUT2D eigenvalue weighted by atomic mass is 10.1. The van der Waals surface area contributed by atoms with Crippen molar-refractivity contribution in [3.05, 3.63) is 34.6 Å². The lowest BCUT2D eigenvalue weighted by molar-refractivity contribution is -0.118. The molecule has 0 unspecified atom stereocenters. The van der Waals surface area contributed by atoms with E-state index in [1.54, 1.807) is 0 Å². The van der Waals surface area contributed by atoms with E-state index in [-0.39, 0.29) is 18.0 Å². The second kappa shape index (κ2) is 7.41. The van der Waals surface area contributed by atoms with Crippen molar-refractivity contribution in [3.63, 3.8) is 0 Å². The Morgan fingerprint density at radius 2 is 2.24 bits per heavy atom. The molecule has 0 radical (unpaired) electrons. The van der Waals surface area contributed by atoms with Gasteiger partial charge in [-0.25, -0.2) is 4.39 Å². The van der Waals surface area contributed by atoms with Crippen molar-refractivity contribution in [2.75, 3.05) is 13.2 Å². The van der Waals surface area contributed by atoms with Gasteiger partial charge in [0.25, 0.3) is 0 Å². The quantitative estimate of drug-likeness (QED) is 0.701. The molecule has 17 heavy (non-hydrogen) atoms. The maximum Gasteiger partial charge on any atom is 0.137 e. The van der Waals surface area contributed by atoms with Gasteiger partial charge in [-0.1, -0.05) is 11.6 Å². The van der Waals surface area contributed by atoms with Crippen molar-refractivity contribution in [2.45, 2.75) is 26.2 Å². The molecule has 2 nitrogen and oxygen atoms in total. The number of hydrogen-bond acceptors (Lipinski definition) is 2. The summed E-state index contributed by atoms with van der Waals surface area (Å²) in [5.41, 5.74) is 0.549. The molecule has 0 amide bonds.